The highest BCUT2D eigenvalue weighted by molar-refractivity contribution is 5.66. The van der Waals surface area contributed by atoms with Crippen molar-refractivity contribution in [1.29, 1.82) is 0 Å². The Morgan fingerprint density at radius 1 is 1.15 bits per heavy atom. The molecule has 7 nitrogen and oxygen atoms in total. The minimum atomic E-state index is -4.73. The predicted octanol–water partition coefficient (Wildman–Crippen LogP) is 5.44. The van der Waals surface area contributed by atoms with Crippen molar-refractivity contribution in [2.75, 3.05) is 10.6 Å². The van der Waals surface area contributed by atoms with E-state index in [1.807, 2.05) is 0 Å². The minimum Gasteiger partial charge on any atom is -0.386 e. The second-order valence-electron chi connectivity index (χ2n) is 7.23. The molecule has 0 saturated heterocycles. The molecule has 0 radical (unpaired) electrons. The Balaban J connectivity index is 2.03. The molecular formula is C22H21F5N6O. The van der Waals surface area contributed by atoms with Crippen LogP contribution in [0.25, 0.3) is 5.57 Å². The maximum atomic E-state index is 14.6. The molecule has 1 aliphatic carbocycles. The number of hydrogen-bond donors (Lipinski definition) is 3. The molecule has 0 fully saturated rings. The number of alkyl halides is 3. The third-order valence-electron chi connectivity index (χ3n) is 4.81. The molecule has 12 heteroatoms. The lowest BCUT2D eigenvalue weighted by Gasteiger charge is -2.19. The van der Waals surface area contributed by atoms with Crippen LogP contribution in [-0.4, -0.2) is 39.1 Å². The summed E-state index contributed by atoms with van der Waals surface area (Å²) in [5.41, 5.74) is -0.824. The summed E-state index contributed by atoms with van der Waals surface area (Å²) in [7, 11) is 0. The highest BCUT2D eigenvalue weighted by Crippen LogP contribution is 2.33. The van der Waals surface area contributed by atoms with Gasteiger partial charge in [-0.3, -0.25) is 4.99 Å². The van der Waals surface area contributed by atoms with E-state index in [0.717, 1.165) is 0 Å². The number of hydrogen-bond acceptors (Lipinski definition) is 7. The van der Waals surface area contributed by atoms with Gasteiger partial charge in [0.2, 0.25) is 11.9 Å². The van der Waals surface area contributed by atoms with E-state index in [9.17, 15) is 27.1 Å². The summed E-state index contributed by atoms with van der Waals surface area (Å²) in [6, 6.07) is 5.24. The molecule has 1 aromatic heterocycles. The zero-order valence-electron chi connectivity index (χ0n) is 18.0. The lowest BCUT2D eigenvalue weighted by molar-refractivity contribution is -0.0922. The Hall–Kier alpha value is -3.67. The van der Waals surface area contributed by atoms with Crippen LogP contribution in [0, 0.1) is 5.82 Å². The van der Waals surface area contributed by atoms with Gasteiger partial charge in [-0.2, -0.15) is 28.1 Å². The number of nitrogens with zero attached hydrogens (tertiary/aromatic N) is 4. The van der Waals surface area contributed by atoms with Crippen molar-refractivity contribution in [3.8, 4) is 0 Å². The van der Waals surface area contributed by atoms with E-state index in [1.165, 1.54) is 37.3 Å². The third kappa shape index (κ3) is 6.22. The number of aliphatic hydroxyl groups is 1. The first kappa shape index (κ1) is 25.0. The number of halogens is 5. The summed E-state index contributed by atoms with van der Waals surface area (Å²) in [5.74, 6) is -1.61. The first-order valence-corrected chi connectivity index (χ1v) is 10.1. The third-order valence-corrected chi connectivity index (χ3v) is 4.81. The van der Waals surface area contributed by atoms with E-state index in [-0.39, 0.29) is 41.8 Å². The van der Waals surface area contributed by atoms with Crippen molar-refractivity contribution in [3.05, 3.63) is 65.3 Å². The van der Waals surface area contributed by atoms with Crippen LogP contribution < -0.4 is 10.6 Å². The molecule has 180 valence electrons. The summed E-state index contributed by atoms with van der Waals surface area (Å²) >= 11 is 0. The Labute approximate surface area is 191 Å². The van der Waals surface area contributed by atoms with Crippen molar-refractivity contribution in [1.82, 2.24) is 15.0 Å². The van der Waals surface area contributed by atoms with Gasteiger partial charge in [0.1, 0.15) is 23.4 Å². The Kier molecular flexibility index (Phi) is 7.72. The fourth-order valence-corrected chi connectivity index (χ4v) is 3.11. The SMILES string of the molecule is C=N/C(=C\C(=C/C)Nc1nc(Nc2ccc(F)cc2)nc(C2=C(F)C(O)CCC2)n1)C(F)(F)F. The van der Waals surface area contributed by atoms with Crippen LogP contribution in [0.4, 0.5) is 39.5 Å². The summed E-state index contributed by atoms with van der Waals surface area (Å²) in [4.78, 5) is 15.5. The fraction of sp³-hybridized carbons (Fsp3) is 0.273. The smallest absolute Gasteiger partial charge is 0.386 e. The van der Waals surface area contributed by atoms with Crippen LogP contribution in [0.2, 0.25) is 0 Å². The molecule has 0 spiro atoms. The van der Waals surface area contributed by atoms with Crippen molar-refractivity contribution in [2.45, 2.75) is 38.5 Å². The topological polar surface area (TPSA) is 95.3 Å². The predicted molar refractivity (Wildman–Crippen MR) is 118 cm³/mol. The minimum absolute atomic E-state index is 0.0530. The highest BCUT2D eigenvalue weighted by Gasteiger charge is 2.33. The molecule has 0 bridgehead atoms. The second kappa shape index (κ2) is 10.5. The number of nitrogens with one attached hydrogen (secondary N) is 2. The molecule has 3 N–H and O–H groups in total. The van der Waals surface area contributed by atoms with Gasteiger partial charge in [-0.05, 0) is 63.2 Å². The van der Waals surface area contributed by atoms with E-state index in [4.69, 9.17) is 0 Å². The average Bonchev–Trinajstić information content (AvgIpc) is 2.79. The molecule has 1 heterocycles. The summed E-state index contributed by atoms with van der Waals surface area (Å²) in [6.07, 6.45) is -3.00. The first-order valence-electron chi connectivity index (χ1n) is 10.1. The van der Waals surface area contributed by atoms with Gasteiger partial charge in [0.25, 0.3) is 0 Å². The number of allylic oxidation sites excluding steroid dienone is 4. The largest absolute Gasteiger partial charge is 0.433 e. The normalized spacial score (nSPS) is 17.6. The molecule has 0 aliphatic heterocycles. The fourth-order valence-electron chi connectivity index (χ4n) is 3.11. The van der Waals surface area contributed by atoms with Crippen LogP contribution in [0.3, 0.4) is 0 Å². The molecule has 1 atom stereocenters. The van der Waals surface area contributed by atoms with Crippen molar-refractivity contribution >= 4 is 29.9 Å². The molecule has 1 aliphatic rings. The van der Waals surface area contributed by atoms with Crippen LogP contribution in [-0.2, 0) is 0 Å². The Morgan fingerprint density at radius 3 is 2.44 bits per heavy atom. The van der Waals surface area contributed by atoms with Crippen LogP contribution in [0.5, 0.6) is 0 Å². The monoisotopic (exact) mass is 480 g/mol. The van der Waals surface area contributed by atoms with Crippen LogP contribution in [0.15, 0.2) is 58.6 Å². The summed E-state index contributed by atoms with van der Waals surface area (Å²) in [5, 5.41) is 15.3. The summed E-state index contributed by atoms with van der Waals surface area (Å²) < 4.78 is 67.1. The molecular weight excluding hydrogens is 459 g/mol. The van der Waals surface area contributed by atoms with Crippen molar-refractivity contribution < 1.29 is 27.1 Å². The van der Waals surface area contributed by atoms with Gasteiger partial charge in [0, 0.05) is 17.0 Å². The van der Waals surface area contributed by atoms with Gasteiger partial charge < -0.3 is 15.7 Å². The maximum Gasteiger partial charge on any atom is 0.433 e. The number of benzene rings is 1. The maximum absolute atomic E-state index is 14.6. The van der Waals surface area contributed by atoms with E-state index >= 15 is 0 Å². The van der Waals surface area contributed by atoms with Crippen LogP contribution >= 0.6 is 0 Å². The van der Waals surface area contributed by atoms with E-state index in [1.54, 1.807) is 0 Å². The van der Waals surface area contributed by atoms with Crippen LogP contribution in [0.1, 0.15) is 32.0 Å². The molecule has 3 rings (SSSR count). The zero-order valence-corrected chi connectivity index (χ0v) is 18.0. The lowest BCUT2D eigenvalue weighted by Crippen LogP contribution is -2.16. The lowest BCUT2D eigenvalue weighted by atomic mass is 9.96. The van der Waals surface area contributed by atoms with Gasteiger partial charge >= 0.3 is 6.18 Å². The Bertz CT molecular complexity index is 1140. The van der Waals surface area contributed by atoms with Gasteiger partial charge in [-0.25, -0.2) is 8.78 Å². The molecule has 1 aromatic carbocycles. The Morgan fingerprint density at radius 2 is 1.82 bits per heavy atom. The van der Waals surface area contributed by atoms with Gasteiger partial charge in [0.05, 0.1) is 0 Å². The molecule has 2 aromatic rings. The van der Waals surface area contributed by atoms with E-state index in [0.29, 0.717) is 18.2 Å². The highest BCUT2D eigenvalue weighted by atomic mass is 19.4. The van der Waals surface area contributed by atoms with Crippen molar-refractivity contribution in [3.63, 3.8) is 0 Å². The number of aliphatic imine (C=N–C) groups is 1. The number of aromatic nitrogens is 3. The number of aliphatic hydroxyl groups excluding tert-OH is 1. The number of rotatable bonds is 7. The summed E-state index contributed by atoms with van der Waals surface area (Å²) in [6.45, 7) is 4.42. The van der Waals surface area contributed by atoms with Crippen molar-refractivity contribution in [2.24, 2.45) is 4.99 Å². The van der Waals surface area contributed by atoms with Gasteiger partial charge in [0.15, 0.2) is 5.82 Å². The van der Waals surface area contributed by atoms with E-state index < -0.39 is 29.6 Å². The van der Waals surface area contributed by atoms with Gasteiger partial charge in [-0.1, -0.05) is 6.08 Å². The molecule has 34 heavy (non-hydrogen) atoms. The van der Waals surface area contributed by atoms with Gasteiger partial charge in [-0.15, -0.1) is 0 Å². The zero-order chi connectivity index (χ0) is 24.9. The quantitative estimate of drug-likeness (QED) is 0.277. The van der Waals surface area contributed by atoms with E-state index in [2.05, 4.69) is 37.3 Å². The standard InChI is InChI=1S/C22H21F5N6O/c1-3-13(11-17(28-2)22(25,26)27)29-20-31-19(15-5-4-6-16(34)18(15)24)32-21(33-20)30-14-9-7-12(23)8-10-14/h3,7-11,16,34H,2,4-6H2,1H3,(H2,29,30,31,32,33)/b13-3+,17-11-. The second-order valence-corrected chi connectivity index (χ2v) is 7.23. The first-order chi connectivity index (χ1) is 16.1. The average molecular weight is 480 g/mol. The molecule has 1 unspecified atom stereocenters. The molecule has 0 amide bonds. The number of anilines is 3. The molecule has 0 saturated carbocycles.